The average Bonchev–Trinajstić information content (AvgIpc) is 3.43. The lowest BCUT2D eigenvalue weighted by Gasteiger charge is -2.36. The first-order valence-electron chi connectivity index (χ1n) is 12.1. The molecule has 1 aliphatic heterocycles. The normalized spacial score (nSPS) is 17.3. The third-order valence-corrected chi connectivity index (χ3v) is 6.50. The first kappa shape index (κ1) is 25.5. The van der Waals surface area contributed by atoms with Gasteiger partial charge in [0.2, 0.25) is 0 Å². The van der Waals surface area contributed by atoms with Crippen LogP contribution in [0.1, 0.15) is 22.9 Å². The van der Waals surface area contributed by atoms with Gasteiger partial charge in [-0.25, -0.2) is 4.79 Å². The van der Waals surface area contributed by atoms with Gasteiger partial charge < -0.3 is 29.4 Å². The number of methoxy groups -OCH3 is 2. The van der Waals surface area contributed by atoms with E-state index in [0.717, 1.165) is 28.2 Å². The lowest BCUT2D eigenvalue weighted by Crippen LogP contribution is -2.36. The summed E-state index contributed by atoms with van der Waals surface area (Å²) in [6.45, 7) is 0.254. The Labute approximate surface area is 220 Å². The SMILES string of the molecule is COc1ccc(C(OC[C@H]2OC[C@@H](n3ccc(N)nc3=O)O2)(c2ccccc2)c2ccc(OC)cc2)cc1. The fourth-order valence-electron chi connectivity index (χ4n) is 4.59. The molecule has 0 saturated carbocycles. The smallest absolute Gasteiger partial charge is 0.351 e. The highest BCUT2D eigenvalue weighted by Gasteiger charge is 2.40. The van der Waals surface area contributed by atoms with Gasteiger partial charge in [0.05, 0.1) is 27.4 Å². The zero-order chi connectivity index (χ0) is 26.5. The Balaban J connectivity index is 1.51. The summed E-state index contributed by atoms with van der Waals surface area (Å²) in [6, 6.07) is 27.0. The van der Waals surface area contributed by atoms with Gasteiger partial charge in [-0.2, -0.15) is 4.98 Å². The number of nitrogens with two attached hydrogens (primary N) is 1. The second-order valence-electron chi connectivity index (χ2n) is 8.71. The van der Waals surface area contributed by atoms with Gasteiger partial charge in [-0.15, -0.1) is 0 Å². The zero-order valence-electron chi connectivity index (χ0n) is 21.2. The number of benzene rings is 3. The summed E-state index contributed by atoms with van der Waals surface area (Å²) >= 11 is 0. The summed E-state index contributed by atoms with van der Waals surface area (Å²) in [5.74, 6) is 1.62. The monoisotopic (exact) mass is 515 g/mol. The molecule has 0 unspecified atom stereocenters. The topological polar surface area (TPSA) is 107 Å². The van der Waals surface area contributed by atoms with Crippen molar-refractivity contribution in [3.63, 3.8) is 0 Å². The molecule has 1 aliphatic rings. The quantitative estimate of drug-likeness (QED) is 0.336. The standard InChI is InChI=1S/C29H29N3O6/c1-34-23-12-8-21(9-13-23)29(20-6-4-3-5-7-20,22-10-14-24(35-2)15-11-22)37-19-27-36-18-26(38-27)32-17-16-25(30)31-28(32)33/h3-17,26-27H,18-19H2,1-2H3,(H2,30,31,33)/t26-,27-/m0/s1. The Morgan fingerprint density at radius 1 is 0.895 bits per heavy atom. The molecule has 4 aromatic rings. The van der Waals surface area contributed by atoms with Gasteiger partial charge in [-0.05, 0) is 47.0 Å². The van der Waals surface area contributed by atoms with E-state index in [0.29, 0.717) is 0 Å². The maximum atomic E-state index is 12.3. The van der Waals surface area contributed by atoms with Gasteiger partial charge in [-0.3, -0.25) is 4.57 Å². The van der Waals surface area contributed by atoms with Crippen molar-refractivity contribution in [1.82, 2.24) is 9.55 Å². The molecule has 5 rings (SSSR count). The Kier molecular flexibility index (Phi) is 7.41. The third-order valence-electron chi connectivity index (χ3n) is 6.50. The van der Waals surface area contributed by atoms with Crippen LogP contribution < -0.4 is 20.9 Å². The van der Waals surface area contributed by atoms with Crippen LogP contribution in [0.25, 0.3) is 0 Å². The first-order chi connectivity index (χ1) is 18.5. The van der Waals surface area contributed by atoms with Crippen LogP contribution in [-0.2, 0) is 19.8 Å². The van der Waals surface area contributed by atoms with Crippen LogP contribution in [0.5, 0.6) is 11.5 Å². The number of aromatic nitrogens is 2. The molecule has 196 valence electrons. The van der Waals surface area contributed by atoms with E-state index in [1.165, 1.54) is 4.57 Å². The highest BCUT2D eigenvalue weighted by molar-refractivity contribution is 5.49. The molecule has 38 heavy (non-hydrogen) atoms. The third kappa shape index (κ3) is 4.99. The van der Waals surface area contributed by atoms with Crippen LogP contribution in [0.3, 0.4) is 0 Å². The highest BCUT2D eigenvalue weighted by Crippen LogP contribution is 2.42. The summed E-state index contributed by atoms with van der Waals surface area (Å²) in [6.07, 6.45) is 0.187. The van der Waals surface area contributed by atoms with E-state index in [-0.39, 0.29) is 19.0 Å². The molecule has 2 N–H and O–H groups in total. The largest absolute Gasteiger partial charge is 0.497 e. The summed E-state index contributed by atoms with van der Waals surface area (Å²) in [7, 11) is 3.26. The number of ether oxygens (including phenoxy) is 5. The van der Waals surface area contributed by atoms with Crippen LogP contribution in [-0.4, -0.2) is 43.3 Å². The first-order valence-corrected chi connectivity index (χ1v) is 12.1. The second-order valence-corrected chi connectivity index (χ2v) is 8.71. The molecule has 0 spiro atoms. The minimum atomic E-state index is -1.01. The molecule has 0 bridgehead atoms. The van der Waals surface area contributed by atoms with Crippen molar-refractivity contribution >= 4 is 5.82 Å². The average molecular weight is 516 g/mol. The van der Waals surface area contributed by atoms with E-state index in [4.69, 9.17) is 29.4 Å². The summed E-state index contributed by atoms with van der Waals surface area (Å²) < 4.78 is 30.9. The Morgan fingerprint density at radius 3 is 2.03 bits per heavy atom. The van der Waals surface area contributed by atoms with E-state index in [1.807, 2.05) is 78.9 Å². The van der Waals surface area contributed by atoms with Crippen molar-refractivity contribution in [3.05, 3.63) is 118 Å². The van der Waals surface area contributed by atoms with Crippen LogP contribution in [0.2, 0.25) is 0 Å². The molecule has 9 heteroatoms. The molecule has 1 saturated heterocycles. The van der Waals surface area contributed by atoms with Crippen molar-refractivity contribution in [3.8, 4) is 11.5 Å². The van der Waals surface area contributed by atoms with Gasteiger partial charge >= 0.3 is 5.69 Å². The minimum absolute atomic E-state index is 0.0839. The molecular formula is C29H29N3O6. The molecule has 1 fully saturated rings. The van der Waals surface area contributed by atoms with E-state index < -0.39 is 23.8 Å². The van der Waals surface area contributed by atoms with Gasteiger partial charge in [-0.1, -0.05) is 54.6 Å². The number of hydrogen-bond donors (Lipinski definition) is 1. The predicted octanol–water partition coefficient (Wildman–Crippen LogP) is 3.72. The molecule has 0 amide bonds. The lowest BCUT2D eigenvalue weighted by molar-refractivity contribution is -0.139. The Bertz CT molecular complexity index is 1360. The molecule has 9 nitrogen and oxygen atoms in total. The lowest BCUT2D eigenvalue weighted by atomic mass is 9.80. The molecule has 2 heterocycles. The van der Waals surface area contributed by atoms with Gasteiger partial charge in [0.1, 0.15) is 22.9 Å². The summed E-state index contributed by atoms with van der Waals surface area (Å²) in [5.41, 5.74) is 6.81. The van der Waals surface area contributed by atoms with E-state index in [2.05, 4.69) is 4.98 Å². The minimum Gasteiger partial charge on any atom is -0.497 e. The molecule has 2 atom stereocenters. The maximum Gasteiger partial charge on any atom is 0.351 e. The van der Waals surface area contributed by atoms with Crippen molar-refractivity contribution in [2.24, 2.45) is 0 Å². The van der Waals surface area contributed by atoms with Gasteiger partial charge in [0, 0.05) is 6.20 Å². The molecular weight excluding hydrogens is 486 g/mol. The van der Waals surface area contributed by atoms with Gasteiger partial charge in [0.15, 0.2) is 12.5 Å². The fraction of sp³-hybridized carbons (Fsp3) is 0.241. The van der Waals surface area contributed by atoms with E-state index in [9.17, 15) is 4.79 Å². The van der Waals surface area contributed by atoms with Crippen molar-refractivity contribution < 1.29 is 23.7 Å². The maximum absolute atomic E-state index is 12.3. The van der Waals surface area contributed by atoms with Gasteiger partial charge in [0.25, 0.3) is 0 Å². The van der Waals surface area contributed by atoms with Crippen LogP contribution >= 0.6 is 0 Å². The van der Waals surface area contributed by atoms with Crippen molar-refractivity contribution in [2.45, 2.75) is 18.1 Å². The molecule has 0 radical (unpaired) electrons. The Morgan fingerprint density at radius 2 is 1.47 bits per heavy atom. The van der Waals surface area contributed by atoms with Crippen molar-refractivity contribution in [1.29, 1.82) is 0 Å². The second kappa shape index (κ2) is 11.1. The number of nitrogen functional groups attached to an aromatic ring is 1. The van der Waals surface area contributed by atoms with Crippen LogP contribution in [0, 0.1) is 0 Å². The van der Waals surface area contributed by atoms with Crippen LogP contribution in [0.4, 0.5) is 5.82 Å². The molecule has 0 aliphatic carbocycles. The number of nitrogens with zero attached hydrogens (tertiary/aromatic N) is 2. The molecule has 1 aromatic heterocycles. The number of hydrogen-bond acceptors (Lipinski definition) is 8. The number of anilines is 1. The molecule has 3 aromatic carbocycles. The fourth-order valence-corrected chi connectivity index (χ4v) is 4.59. The number of rotatable bonds is 9. The zero-order valence-corrected chi connectivity index (χ0v) is 21.2. The van der Waals surface area contributed by atoms with E-state index in [1.54, 1.807) is 26.5 Å². The summed E-state index contributed by atoms with van der Waals surface area (Å²) in [4.78, 5) is 16.1. The van der Waals surface area contributed by atoms with Crippen LogP contribution in [0.15, 0.2) is 95.9 Å². The highest BCUT2D eigenvalue weighted by atomic mass is 16.7. The Hall–Kier alpha value is -4.18. The predicted molar refractivity (Wildman–Crippen MR) is 141 cm³/mol. The summed E-state index contributed by atoms with van der Waals surface area (Å²) in [5, 5.41) is 0. The van der Waals surface area contributed by atoms with Crippen molar-refractivity contribution in [2.75, 3.05) is 33.2 Å². The van der Waals surface area contributed by atoms with E-state index >= 15 is 0 Å².